The molecule has 0 saturated heterocycles. The molecule has 0 spiro atoms. The molecule has 0 aliphatic heterocycles. The number of hydrogen-bond donors (Lipinski definition) is 0. The third-order valence-electron chi connectivity index (χ3n) is 2.18. The summed E-state index contributed by atoms with van der Waals surface area (Å²) in [6, 6.07) is 0. The molecule has 0 amide bonds. The Labute approximate surface area is 74.4 Å². The number of methoxy groups -OCH3 is 1. The van der Waals surface area contributed by atoms with E-state index in [9.17, 15) is 0 Å². The van der Waals surface area contributed by atoms with Crippen LogP contribution in [0.2, 0.25) is 0 Å². The predicted molar refractivity (Wildman–Crippen MR) is 52.1 cm³/mol. The summed E-state index contributed by atoms with van der Waals surface area (Å²) in [5.74, 6) is 0. The molecule has 1 aliphatic carbocycles. The zero-order valence-corrected chi connectivity index (χ0v) is 7.89. The van der Waals surface area contributed by atoms with E-state index in [1.165, 1.54) is 5.57 Å². The van der Waals surface area contributed by atoms with Crippen molar-refractivity contribution >= 4 is 0 Å². The summed E-state index contributed by atoms with van der Waals surface area (Å²) in [6.45, 7) is 9.85. The van der Waals surface area contributed by atoms with Crippen LogP contribution in [0.5, 0.6) is 0 Å². The second-order valence-electron chi connectivity index (χ2n) is 3.30. The molecule has 1 saturated carbocycles. The maximum Gasteiger partial charge on any atom is 0.0821 e. The van der Waals surface area contributed by atoms with Crippen LogP contribution in [0.4, 0.5) is 0 Å². The van der Waals surface area contributed by atoms with Crippen LogP contribution in [-0.2, 0) is 4.74 Å². The highest BCUT2D eigenvalue weighted by Crippen LogP contribution is 2.31. The lowest BCUT2D eigenvalue weighted by molar-refractivity contribution is 0.137. The maximum absolute atomic E-state index is 5.27. The highest BCUT2D eigenvalue weighted by molar-refractivity contribution is 5.40. The van der Waals surface area contributed by atoms with E-state index >= 15 is 0 Å². The Hall–Kier alpha value is -0.820. The first-order valence-corrected chi connectivity index (χ1v) is 4.23. The Bertz CT molecular complexity index is 235. The van der Waals surface area contributed by atoms with Gasteiger partial charge in [-0.25, -0.2) is 0 Å². The summed E-state index contributed by atoms with van der Waals surface area (Å²) in [5.41, 5.74) is 3.51. The average Bonchev–Trinajstić information content (AvgIpc) is 2.32. The SMILES string of the molecule is C=C(C)/C=C1/CC[C@@H](OC)C1=C. The van der Waals surface area contributed by atoms with Gasteiger partial charge in [-0.15, -0.1) is 0 Å². The molecule has 66 valence electrons. The zero-order chi connectivity index (χ0) is 9.14. The van der Waals surface area contributed by atoms with Gasteiger partial charge in [0, 0.05) is 7.11 Å². The first kappa shape index (κ1) is 9.27. The van der Waals surface area contributed by atoms with E-state index in [-0.39, 0.29) is 6.10 Å². The number of allylic oxidation sites excluding steroid dienone is 2. The standard InChI is InChI=1S/C11H16O/c1-8(2)7-10-5-6-11(12-4)9(10)3/h7,11H,1,3,5-6H2,2,4H3/b10-7-/t11-/m1/s1. The van der Waals surface area contributed by atoms with E-state index in [1.807, 2.05) is 6.92 Å². The molecule has 0 N–H and O–H groups in total. The van der Waals surface area contributed by atoms with Crippen molar-refractivity contribution in [1.29, 1.82) is 0 Å². The van der Waals surface area contributed by atoms with Gasteiger partial charge in [0.2, 0.25) is 0 Å². The molecule has 0 radical (unpaired) electrons. The van der Waals surface area contributed by atoms with Gasteiger partial charge in [-0.1, -0.05) is 24.8 Å². The average molecular weight is 164 g/mol. The van der Waals surface area contributed by atoms with Crippen molar-refractivity contribution in [2.24, 2.45) is 0 Å². The molecule has 0 unspecified atom stereocenters. The second kappa shape index (κ2) is 3.72. The minimum atomic E-state index is 0.232. The van der Waals surface area contributed by atoms with Crippen LogP contribution in [0.15, 0.2) is 36.0 Å². The molecular formula is C11H16O. The minimum absolute atomic E-state index is 0.232. The van der Waals surface area contributed by atoms with Crippen molar-refractivity contribution in [1.82, 2.24) is 0 Å². The van der Waals surface area contributed by atoms with E-state index in [1.54, 1.807) is 7.11 Å². The summed E-state index contributed by atoms with van der Waals surface area (Å²) in [7, 11) is 1.74. The van der Waals surface area contributed by atoms with Gasteiger partial charge < -0.3 is 4.74 Å². The van der Waals surface area contributed by atoms with E-state index < -0.39 is 0 Å². The van der Waals surface area contributed by atoms with Crippen molar-refractivity contribution in [2.45, 2.75) is 25.9 Å². The summed E-state index contributed by atoms with van der Waals surface area (Å²) in [6.07, 6.45) is 4.47. The third kappa shape index (κ3) is 1.86. The lowest BCUT2D eigenvalue weighted by Crippen LogP contribution is -2.05. The number of hydrogen-bond acceptors (Lipinski definition) is 1. The number of rotatable bonds is 2. The molecule has 0 aromatic rings. The molecule has 1 fully saturated rings. The quantitative estimate of drug-likeness (QED) is 0.609. The predicted octanol–water partition coefficient (Wildman–Crippen LogP) is 2.85. The van der Waals surface area contributed by atoms with E-state index in [0.29, 0.717) is 0 Å². The first-order chi connectivity index (χ1) is 5.65. The molecule has 0 bridgehead atoms. The topological polar surface area (TPSA) is 9.23 Å². The van der Waals surface area contributed by atoms with Crippen molar-refractivity contribution in [2.75, 3.05) is 7.11 Å². The van der Waals surface area contributed by atoms with Crippen LogP contribution in [0.3, 0.4) is 0 Å². The van der Waals surface area contributed by atoms with Crippen LogP contribution < -0.4 is 0 Å². The largest absolute Gasteiger partial charge is 0.377 e. The van der Waals surface area contributed by atoms with Gasteiger partial charge in [0.15, 0.2) is 0 Å². The van der Waals surface area contributed by atoms with Gasteiger partial charge in [0.25, 0.3) is 0 Å². The van der Waals surface area contributed by atoms with Gasteiger partial charge in [0.05, 0.1) is 6.10 Å². The van der Waals surface area contributed by atoms with Crippen LogP contribution in [0.1, 0.15) is 19.8 Å². The molecule has 1 aliphatic rings. The first-order valence-electron chi connectivity index (χ1n) is 4.23. The third-order valence-corrected chi connectivity index (χ3v) is 2.18. The summed E-state index contributed by atoms with van der Waals surface area (Å²) in [5, 5.41) is 0. The van der Waals surface area contributed by atoms with Gasteiger partial charge in [0.1, 0.15) is 0 Å². The van der Waals surface area contributed by atoms with E-state index in [2.05, 4.69) is 19.2 Å². The molecule has 1 nitrogen and oxygen atoms in total. The smallest absolute Gasteiger partial charge is 0.0821 e. The van der Waals surface area contributed by atoms with Crippen molar-refractivity contribution in [3.05, 3.63) is 36.0 Å². The van der Waals surface area contributed by atoms with Crippen LogP contribution in [-0.4, -0.2) is 13.2 Å². The van der Waals surface area contributed by atoms with E-state index in [4.69, 9.17) is 4.74 Å². The highest BCUT2D eigenvalue weighted by Gasteiger charge is 2.22. The van der Waals surface area contributed by atoms with Crippen LogP contribution in [0.25, 0.3) is 0 Å². The number of ether oxygens (including phenoxy) is 1. The second-order valence-corrected chi connectivity index (χ2v) is 3.30. The highest BCUT2D eigenvalue weighted by atomic mass is 16.5. The lowest BCUT2D eigenvalue weighted by Gasteiger charge is -2.07. The van der Waals surface area contributed by atoms with Gasteiger partial charge in [-0.2, -0.15) is 0 Å². The fraction of sp³-hybridized carbons (Fsp3) is 0.455. The molecule has 0 aromatic heterocycles. The van der Waals surface area contributed by atoms with Gasteiger partial charge in [-0.3, -0.25) is 0 Å². The maximum atomic E-state index is 5.27. The summed E-state index contributed by atoms with van der Waals surface area (Å²) < 4.78 is 5.27. The fourth-order valence-corrected chi connectivity index (χ4v) is 1.55. The molecule has 0 heterocycles. The van der Waals surface area contributed by atoms with Crippen molar-refractivity contribution < 1.29 is 4.74 Å². The Morgan fingerprint density at radius 2 is 2.33 bits per heavy atom. The molecule has 1 atom stereocenters. The molecular weight excluding hydrogens is 148 g/mol. The molecule has 1 heteroatoms. The molecule has 0 aromatic carbocycles. The van der Waals surface area contributed by atoms with Crippen LogP contribution >= 0.6 is 0 Å². The minimum Gasteiger partial charge on any atom is -0.377 e. The summed E-state index contributed by atoms with van der Waals surface area (Å²) >= 11 is 0. The van der Waals surface area contributed by atoms with Crippen LogP contribution in [0, 0.1) is 0 Å². The van der Waals surface area contributed by atoms with Gasteiger partial charge in [-0.05, 0) is 30.9 Å². The Balaban J connectivity index is 2.73. The normalized spacial score (nSPS) is 26.7. The van der Waals surface area contributed by atoms with E-state index in [0.717, 1.165) is 24.0 Å². The Morgan fingerprint density at radius 1 is 1.67 bits per heavy atom. The van der Waals surface area contributed by atoms with Crippen molar-refractivity contribution in [3.8, 4) is 0 Å². The zero-order valence-electron chi connectivity index (χ0n) is 7.89. The molecule has 1 rings (SSSR count). The van der Waals surface area contributed by atoms with Crippen molar-refractivity contribution in [3.63, 3.8) is 0 Å². The lowest BCUT2D eigenvalue weighted by atomic mass is 10.1. The van der Waals surface area contributed by atoms with Gasteiger partial charge >= 0.3 is 0 Å². The summed E-state index contributed by atoms with van der Waals surface area (Å²) in [4.78, 5) is 0. The molecule has 12 heavy (non-hydrogen) atoms. The Kier molecular flexibility index (Phi) is 2.88. The monoisotopic (exact) mass is 164 g/mol. The Morgan fingerprint density at radius 3 is 2.75 bits per heavy atom. The fourth-order valence-electron chi connectivity index (χ4n) is 1.55.